The molecule has 3 nitrogen and oxygen atoms in total. The molecule has 0 aliphatic heterocycles. The molecule has 2 aromatic rings. The van der Waals surface area contributed by atoms with Gasteiger partial charge >= 0.3 is 6.09 Å². The van der Waals surface area contributed by atoms with Crippen molar-refractivity contribution >= 4 is 17.5 Å². The number of benzene rings is 2. The molecular weight excluding hydrogens is 269 g/mol. The number of ether oxygens (including phenoxy) is 1. The van der Waals surface area contributed by atoms with Crippen LogP contribution in [0.15, 0.2) is 54.6 Å². The van der Waals surface area contributed by atoms with E-state index in [9.17, 15) is 9.18 Å². The summed E-state index contributed by atoms with van der Waals surface area (Å²) in [6, 6.07) is 14.9. The number of para-hydroxylation sites is 1. The van der Waals surface area contributed by atoms with Gasteiger partial charge in [-0.3, -0.25) is 0 Å². The fourth-order valence-electron chi connectivity index (χ4n) is 1.86. The molecule has 2 aromatic carbocycles. The summed E-state index contributed by atoms with van der Waals surface area (Å²) in [7, 11) is 0. The summed E-state index contributed by atoms with van der Waals surface area (Å²) in [6.45, 7) is 5.37. The van der Waals surface area contributed by atoms with Crippen molar-refractivity contribution in [3.05, 3.63) is 60.4 Å². The number of anilines is 2. The third kappa shape index (κ3) is 4.05. The average Bonchev–Trinajstić information content (AvgIpc) is 2.38. The molecule has 0 aliphatic rings. The van der Waals surface area contributed by atoms with Crippen molar-refractivity contribution in [2.75, 3.05) is 4.90 Å². The highest BCUT2D eigenvalue weighted by molar-refractivity contribution is 5.96. The maximum atomic E-state index is 13.5. The molecule has 0 aromatic heterocycles. The molecule has 110 valence electrons. The zero-order chi connectivity index (χ0) is 15.5. The molecule has 1 amide bonds. The van der Waals surface area contributed by atoms with Crippen LogP contribution in [-0.2, 0) is 4.74 Å². The van der Waals surface area contributed by atoms with Gasteiger partial charge in [-0.15, -0.1) is 0 Å². The summed E-state index contributed by atoms with van der Waals surface area (Å²) in [5.74, 6) is -0.406. The normalized spacial score (nSPS) is 11.0. The van der Waals surface area contributed by atoms with E-state index < -0.39 is 17.5 Å². The van der Waals surface area contributed by atoms with Gasteiger partial charge in [0.05, 0.1) is 11.4 Å². The van der Waals surface area contributed by atoms with Gasteiger partial charge < -0.3 is 4.74 Å². The van der Waals surface area contributed by atoms with Gasteiger partial charge in [-0.2, -0.15) is 0 Å². The van der Waals surface area contributed by atoms with E-state index >= 15 is 0 Å². The smallest absolute Gasteiger partial charge is 0.419 e. The van der Waals surface area contributed by atoms with E-state index in [0.29, 0.717) is 11.4 Å². The van der Waals surface area contributed by atoms with Crippen LogP contribution in [0.3, 0.4) is 0 Å². The second-order valence-electron chi connectivity index (χ2n) is 5.63. The third-order valence-electron chi connectivity index (χ3n) is 2.66. The second kappa shape index (κ2) is 5.95. The Morgan fingerprint density at radius 1 is 1.00 bits per heavy atom. The van der Waals surface area contributed by atoms with E-state index in [1.54, 1.807) is 45.0 Å². The summed E-state index contributed by atoms with van der Waals surface area (Å²) in [4.78, 5) is 13.8. The van der Waals surface area contributed by atoms with Crippen LogP contribution in [0.4, 0.5) is 20.6 Å². The standard InChI is InChI=1S/C17H18FNO2/c1-17(2,3)21-16(20)19(14-9-5-4-6-10-14)15-11-7-8-13(18)12-15/h4-12H,1-3H3. The molecule has 0 bridgehead atoms. The molecule has 0 heterocycles. The second-order valence-corrected chi connectivity index (χ2v) is 5.63. The lowest BCUT2D eigenvalue weighted by molar-refractivity contribution is 0.0599. The number of halogens is 1. The van der Waals surface area contributed by atoms with Crippen molar-refractivity contribution in [1.29, 1.82) is 0 Å². The van der Waals surface area contributed by atoms with Gasteiger partial charge in [0.15, 0.2) is 0 Å². The largest absolute Gasteiger partial charge is 0.443 e. The third-order valence-corrected chi connectivity index (χ3v) is 2.66. The van der Waals surface area contributed by atoms with Gasteiger partial charge in [0.1, 0.15) is 11.4 Å². The minimum atomic E-state index is -0.628. The highest BCUT2D eigenvalue weighted by Gasteiger charge is 2.24. The van der Waals surface area contributed by atoms with Crippen molar-refractivity contribution in [1.82, 2.24) is 0 Å². The van der Waals surface area contributed by atoms with Crippen LogP contribution in [0, 0.1) is 5.82 Å². The minimum absolute atomic E-state index is 0.406. The van der Waals surface area contributed by atoms with E-state index in [1.807, 2.05) is 18.2 Å². The number of hydrogen-bond donors (Lipinski definition) is 0. The number of hydrogen-bond acceptors (Lipinski definition) is 2. The lowest BCUT2D eigenvalue weighted by atomic mass is 10.2. The molecule has 4 heteroatoms. The lowest BCUT2D eigenvalue weighted by Crippen LogP contribution is -2.33. The van der Waals surface area contributed by atoms with Crippen LogP contribution in [0.2, 0.25) is 0 Å². The Balaban J connectivity index is 2.43. The van der Waals surface area contributed by atoms with Gasteiger partial charge in [-0.1, -0.05) is 24.3 Å². The quantitative estimate of drug-likeness (QED) is 0.786. The van der Waals surface area contributed by atoms with Crippen LogP contribution < -0.4 is 4.90 Å². The first-order valence-electron chi connectivity index (χ1n) is 6.70. The zero-order valence-electron chi connectivity index (χ0n) is 12.3. The van der Waals surface area contributed by atoms with E-state index in [1.165, 1.54) is 17.0 Å². The molecule has 0 saturated heterocycles. The average molecular weight is 287 g/mol. The molecule has 0 atom stereocenters. The number of rotatable bonds is 2. The molecule has 0 saturated carbocycles. The summed E-state index contributed by atoms with van der Waals surface area (Å²) in [6.07, 6.45) is -0.542. The van der Waals surface area contributed by atoms with Gasteiger partial charge in [0.2, 0.25) is 0 Å². The lowest BCUT2D eigenvalue weighted by Gasteiger charge is -2.27. The Morgan fingerprint density at radius 3 is 2.19 bits per heavy atom. The van der Waals surface area contributed by atoms with Crippen molar-refractivity contribution < 1.29 is 13.9 Å². The highest BCUT2D eigenvalue weighted by atomic mass is 19.1. The Kier molecular flexibility index (Phi) is 4.26. The first-order valence-corrected chi connectivity index (χ1v) is 6.70. The van der Waals surface area contributed by atoms with E-state index in [4.69, 9.17) is 4.74 Å². The fourth-order valence-corrected chi connectivity index (χ4v) is 1.86. The van der Waals surface area contributed by atoms with Gasteiger partial charge in [0.25, 0.3) is 0 Å². The van der Waals surface area contributed by atoms with Gasteiger partial charge in [-0.25, -0.2) is 14.1 Å². The Bertz CT molecular complexity index is 620. The topological polar surface area (TPSA) is 29.5 Å². The summed E-state index contributed by atoms with van der Waals surface area (Å²) >= 11 is 0. The molecule has 21 heavy (non-hydrogen) atoms. The molecule has 0 N–H and O–H groups in total. The predicted octanol–water partition coefficient (Wildman–Crippen LogP) is 4.90. The Morgan fingerprint density at radius 2 is 1.62 bits per heavy atom. The van der Waals surface area contributed by atoms with Crippen molar-refractivity contribution in [3.8, 4) is 0 Å². The molecule has 0 fully saturated rings. The number of carbonyl (C=O) groups excluding carboxylic acids is 1. The monoisotopic (exact) mass is 287 g/mol. The maximum absolute atomic E-state index is 13.5. The van der Waals surface area contributed by atoms with Crippen LogP contribution in [0.1, 0.15) is 20.8 Å². The van der Waals surface area contributed by atoms with Crippen LogP contribution in [-0.4, -0.2) is 11.7 Å². The highest BCUT2D eigenvalue weighted by Crippen LogP contribution is 2.27. The van der Waals surface area contributed by atoms with E-state index in [0.717, 1.165) is 0 Å². The Hall–Kier alpha value is -2.36. The number of carbonyl (C=O) groups is 1. The van der Waals surface area contributed by atoms with Crippen molar-refractivity contribution in [3.63, 3.8) is 0 Å². The molecule has 0 spiro atoms. The van der Waals surface area contributed by atoms with Crippen LogP contribution >= 0.6 is 0 Å². The van der Waals surface area contributed by atoms with Gasteiger partial charge in [-0.05, 0) is 51.1 Å². The molecule has 0 radical (unpaired) electrons. The molecule has 0 aliphatic carbocycles. The number of nitrogens with zero attached hydrogens (tertiary/aromatic N) is 1. The SMILES string of the molecule is CC(C)(C)OC(=O)N(c1ccccc1)c1cccc(F)c1. The fraction of sp³-hybridized carbons (Fsp3) is 0.235. The summed E-state index contributed by atoms with van der Waals surface area (Å²) in [5.41, 5.74) is 0.421. The molecular formula is C17H18FNO2. The summed E-state index contributed by atoms with van der Waals surface area (Å²) < 4.78 is 18.9. The first kappa shape index (κ1) is 15.0. The minimum Gasteiger partial charge on any atom is -0.443 e. The number of amides is 1. The van der Waals surface area contributed by atoms with E-state index in [2.05, 4.69) is 0 Å². The molecule has 2 rings (SSSR count). The van der Waals surface area contributed by atoms with Crippen LogP contribution in [0.25, 0.3) is 0 Å². The zero-order valence-corrected chi connectivity index (χ0v) is 12.3. The van der Waals surface area contributed by atoms with Gasteiger partial charge in [0, 0.05) is 0 Å². The van der Waals surface area contributed by atoms with Crippen molar-refractivity contribution in [2.45, 2.75) is 26.4 Å². The van der Waals surface area contributed by atoms with Crippen LogP contribution in [0.5, 0.6) is 0 Å². The molecule has 0 unspecified atom stereocenters. The van der Waals surface area contributed by atoms with E-state index in [-0.39, 0.29) is 0 Å². The summed E-state index contributed by atoms with van der Waals surface area (Å²) in [5, 5.41) is 0. The first-order chi connectivity index (χ1) is 9.87. The Labute approximate surface area is 124 Å². The van der Waals surface area contributed by atoms with Crippen molar-refractivity contribution in [2.24, 2.45) is 0 Å². The maximum Gasteiger partial charge on any atom is 0.419 e. The predicted molar refractivity (Wildman–Crippen MR) is 81.2 cm³/mol.